The van der Waals surface area contributed by atoms with Crippen LogP contribution in [0.2, 0.25) is 0 Å². The molecular weight excluding hydrogens is 428 g/mol. The van der Waals surface area contributed by atoms with Crippen molar-refractivity contribution in [2.75, 3.05) is 0 Å². The summed E-state index contributed by atoms with van der Waals surface area (Å²) in [4.78, 5) is 0. The van der Waals surface area contributed by atoms with Crippen molar-refractivity contribution in [1.82, 2.24) is 0 Å². The lowest BCUT2D eigenvalue weighted by Crippen LogP contribution is -2.31. The minimum Gasteiger partial charge on any atom is -0.507 e. The lowest BCUT2D eigenvalue weighted by molar-refractivity contribution is 0.481. The molecule has 0 amide bonds. The van der Waals surface area contributed by atoms with Gasteiger partial charge in [0.05, 0.1) is 5.41 Å². The summed E-state index contributed by atoms with van der Waals surface area (Å²) in [6.07, 6.45) is 0. The lowest BCUT2D eigenvalue weighted by Gasteiger charge is -2.38. The number of phenolic OH excluding ortho intramolecular Hbond substituents is 2. The molecular formula is C33H24O2. The second-order valence-corrected chi connectivity index (χ2v) is 8.84. The molecule has 2 heteroatoms. The van der Waals surface area contributed by atoms with Crippen molar-refractivity contribution >= 4 is 21.5 Å². The monoisotopic (exact) mass is 452 g/mol. The van der Waals surface area contributed by atoms with Crippen LogP contribution in [0.15, 0.2) is 133 Å². The standard InChI is InChI=1S/C33H24O2/c34-31-21-19-29(25-15-7-9-17-27(25)31)33(23-11-3-1-4-12-23,24-13-5-2-6-14-24)30-20-22-32(35)28-18-10-8-16-26(28)30/h1-22,34-35H. The summed E-state index contributed by atoms with van der Waals surface area (Å²) < 4.78 is 0. The molecule has 2 N–H and O–H groups in total. The van der Waals surface area contributed by atoms with E-state index in [-0.39, 0.29) is 11.5 Å². The molecule has 0 bridgehead atoms. The fourth-order valence-electron chi connectivity index (χ4n) is 5.53. The van der Waals surface area contributed by atoms with Gasteiger partial charge in [-0.05, 0) is 45.2 Å². The topological polar surface area (TPSA) is 40.5 Å². The Hall–Kier alpha value is -4.56. The Bertz CT molecular complexity index is 1530. The molecule has 0 saturated heterocycles. The van der Waals surface area contributed by atoms with Crippen LogP contribution in [-0.4, -0.2) is 10.2 Å². The van der Waals surface area contributed by atoms with E-state index in [2.05, 4.69) is 60.7 Å². The van der Waals surface area contributed by atoms with Gasteiger partial charge in [-0.2, -0.15) is 0 Å². The van der Waals surface area contributed by atoms with Crippen molar-refractivity contribution in [3.8, 4) is 11.5 Å². The molecule has 0 aliphatic carbocycles. The van der Waals surface area contributed by atoms with E-state index in [9.17, 15) is 10.2 Å². The summed E-state index contributed by atoms with van der Waals surface area (Å²) in [7, 11) is 0. The van der Waals surface area contributed by atoms with Crippen LogP contribution >= 0.6 is 0 Å². The Balaban J connectivity index is 1.88. The first-order chi connectivity index (χ1) is 17.2. The van der Waals surface area contributed by atoms with Gasteiger partial charge in [-0.3, -0.25) is 0 Å². The third kappa shape index (κ3) is 3.18. The minimum absolute atomic E-state index is 0.259. The highest BCUT2D eigenvalue weighted by Crippen LogP contribution is 2.50. The number of hydrogen-bond acceptors (Lipinski definition) is 2. The summed E-state index contributed by atoms with van der Waals surface area (Å²) in [6.45, 7) is 0. The number of fused-ring (bicyclic) bond motifs is 2. The molecule has 0 unspecified atom stereocenters. The second kappa shape index (κ2) is 8.34. The largest absolute Gasteiger partial charge is 0.507 e. The zero-order chi connectivity index (χ0) is 23.8. The summed E-state index contributed by atoms with van der Waals surface area (Å²) in [5.41, 5.74) is 3.65. The van der Waals surface area contributed by atoms with Gasteiger partial charge in [0, 0.05) is 10.8 Å². The Labute approximate surface area is 204 Å². The second-order valence-electron chi connectivity index (χ2n) is 8.84. The first-order valence-electron chi connectivity index (χ1n) is 11.7. The van der Waals surface area contributed by atoms with Crippen molar-refractivity contribution < 1.29 is 10.2 Å². The maximum Gasteiger partial charge on any atom is 0.123 e. The molecule has 0 aliphatic rings. The van der Waals surface area contributed by atoms with E-state index in [1.54, 1.807) is 12.1 Å². The van der Waals surface area contributed by atoms with Gasteiger partial charge in [0.25, 0.3) is 0 Å². The fraction of sp³-hybridized carbons (Fsp3) is 0.0303. The van der Waals surface area contributed by atoms with Gasteiger partial charge in [-0.1, -0.05) is 121 Å². The molecule has 2 nitrogen and oxygen atoms in total. The van der Waals surface area contributed by atoms with Crippen molar-refractivity contribution in [1.29, 1.82) is 0 Å². The van der Waals surface area contributed by atoms with Crippen LogP contribution < -0.4 is 0 Å². The molecule has 168 valence electrons. The minimum atomic E-state index is -0.705. The van der Waals surface area contributed by atoms with Crippen molar-refractivity contribution in [2.24, 2.45) is 0 Å². The molecule has 0 aliphatic heterocycles. The highest BCUT2D eigenvalue weighted by atomic mass is 16.3. The van der Waals surface area contributed by atoms with Gasteiger partial charge in [0.1, 0.15) is 11.5 Å². The van der Waals surface area contributed by atoms with Crippen LogP contribution in [0.4, 0.5) is 0 Å². The van der Waals surface area contributed by atoms with Gasteiger partial charge in [-0.25, -0.2) is 0 Å². The van der Waals surface area contributed by atoms with E-state index in [1.165, 1.54) is 0 Å². The van der Waals surface area contributed by atoms with E-state index in [0.29, 0.717) is 0 Å². The average Bonchev–Trinajstić information content (AvgIpc) is 2.93. The van der Waals surface area contributed by atoms with E-state index in [1.807, 2.05) is 60.7 Å². The van der Waals surface area contributed by atoms with Crippen molar-refractivity contribution in [3.63, 3.8) is 0 Å². The van der Waals surface area contributed by atoms with E-state index < -0.39 is 5.41 Å². The van der Waals surface area contributed by atoms with Gasteiger partial charge in [0.15, 0.2) is 0 Å². The normalized spacial score (nSPS) is 11.7. The lowest BCUT2D eigenvalue weighted by atomic mass is 9.63. The van der Waals surface area contributed by atoms with Crippen LogP contribution in [0.3, 0.4) is 0 Å². The van der Waals surface area contributed by atoms with Gasteiger partial charge in [0.2, 0.25) is 0 Å². The number of benzene rings is 6. The van der Waals surface area contributed by atoms with Gasteiger partial charge >= 0.3 is 0 Å². The Kier molecular flexibility index (Phi) is 5.00. The van der Waals surface area contributed by atoms with Crippen molar-refractivity contribution in [3.05, 3.63) is 156 Å². The highest BCUT2D eigenvalue weighted by Gasteiger charge is 2.41. The molecule has 0 atom stereocenters. The van der Waals surface area contributed by atoms with Crippen molar-refractivity contribution in [2.45, 2.75) is 5.41 Å². The summed E-state index contributed by atoms with van der Waals surface area (Å²) >= 11 is 0. The first-order valence-corrected chi connectivity index (χ1v) is 11.7. The number of hydrogen-bond donors (Lipinski definition) is 2. The first kappa shape index (κ1) is 21.0. The summed E-state index contributed by atoms with van der Waals surface area (Å²) in [5.74, 6) is 0.518. The SMILES string of the molecule is Oc1ccc(C(c2ccccc2)(c2ccccc2)c2ccc(O)c3ccccc23)c2ccccc12. The van der Waals surface area contributed by atoms with E-state index in [0.717, 1.165) is 43.8 Å². The molecule has 35 heavy (non-hydrogen) atoms. The molecule has 6 rings (SSSR count). The zero-order valence-corrected chi connectivity index (χ0v) is 19.1. The van der Waals surface area contributed by atoms with Crippen LogP contribution in [0.25, 0.3) is 21.5 Å². The Morgan fingerprint density at radius 2 is 0.686 bits per heavy atom. The maximum absolute atomic E-state index is 10.7. The Morgan fingerprint density at radius 3 is 1.09 bits per heavy atom. The van der Waals surface area contributed by atoms with Crippen LogP contribution in [0, 0.1) is 0 Å². The predicted octanol–water partition coefficient (Wildman–Crippen LogP) is 7.79. The van der Waals surface area contributed by atoms with Crippen LogP contribution in [0.5, 0.6) is 11.5 Å². The third-order valence-electron chi connectivity index (χ3n) is 7.02. The number of aromatic hydroxyl groups is 2. The zero-order valence-electron chi connectivity index (χ0n) is 19.1. The fourth-order valence-corrected chi connectivity index (χ4v) is 5.53. The summed E-state index contributed by atoms with van der Waals surface area (Å²) in [5, 5.41) is 25.1. The van der Waals surface area contributed by atoms with Gasteiger partial charge in [-0.15, -0.1) is 0 Å². The molecule has 0 saturated carbocycles. The number of rotatable bonds is 4. The number of phenols is 2. The average molecular weight is 453 g/mol. The van der Waals surface area contributed by atoms with Crippen LogP contribution in [0.1, 0.15) is 22.3 Å². The highest BCUT2D eigenvalue weighted by molar-refractivity contribution is 5.97. The molecule has 0 spiro atoms. The smallest absolute Gasteiger partial charge is 0.123 e. The molecule has 6 aromatic carbocycles. The molecule has 0 fully saturated rings. The van der Waals surface area contributed by atoms with Crippen LogP contribution in [-0.2, 0) is 5.41 Å². The van der Waals surface area contributed by atoms with E-state index >= 15 is 0 Å². The molecule has 0 radical (unpaired) electrons. The summed E-state index contributed by atoms with van der Waals surface area (Å²) in [6, 6.07) is 44.7. The quantitative estimate of drug-likeness (QED) is 0.268. The molecule has 0 heterocycles. The Morgan fingerprint density at radius 1 is 0.343 bits per heavy atom. The molecule has 6 aromatic rings. The third-order valence-corrected chi connectivity index (χ3v) is 7.02. The van der Waals surface area contributed by atoms with E-state index in [4.69, 9.17) is 0 Å². The molecule has 0 aromatic heterocycles. The van der Waals surface area contributed by atoms with Gasteiger partial charge < -0.3 is 10.2 Å². The predicted molar refractivity (Wildman–Crippen MR) is 143 cm³/mol. The maximum atomic E-state index is 10.7.